The number of para-hydroxylation sites is 2. The van der Waals surface area contributed by atoms with Gasteiger partial charge in [-0.3, -0.25) is 19.2 Å². The molecule has 28 heavy (non-hydrogen) atoms. The van der Waals surface area contributed by atoms with Crippen molar-refractivity contribution in [1.29, 1.82) is 0 Å². The number of hydrogen-bond donors (Lipinski definition) is 2. The number of hydrogen-bond acceptors (Lipinski definition) is 6. The van der Waals surface area contributed by atoms with E-state index >= 15 is 0 Å². The highest BCUT2D eigenvalue weighted by Gasteiger charge is 2.30. The molecule has 0 aliphatic carbocycles. The first-order valence-electron chi connectivity index (χ1n) is 8.64. The number of ether oxygens (including phenoxy) is 1. The first-order chi connectivity index (χ1) is 13.5. The Hall–Kier alpha value is -3.62. The molecular weight excluding hydrogens is 366 g/mol. The molecule has 0 bridgehead atoms. The van der Waals surface area contributed by atoms with Crippen LogP contribution in [0.15, 0.2) is 47.1 Å². The lowest BCUT2D eigenvalue weighted by molar-refractivity contribution is -0.146. The normalized spacial score (nSPS) is 15.8. The first kappa shape index (κ1) is 19.2. The monoisotopic (exact) mass is 385 g/mol. The Morgan fingerprint density at radius 3 is 2.79 bits per heavy atom. The highest BCUT2D eigenvalue weighted by Crippen LogP contribution is 2.31. The summed E-state index contributed by atoms with van der Waals surface area (Å²) in [7, 11) is 0. The summed E-state index contributed by atoms with van der Waals surface area (Å²) in [4.78, 5) is 49.6. The van der Waals surface area contributed by atoms with E-state index in [1.807, 2.05) is 0 Å². The van der Waals surface area contributed by atoms with Gasteiger partial charge in [-0.15, -0.1) is 0 Å². The van der Waals surface area contributed by atoms with Crippen molar-refractivity contribution in [2.24, 2.45) is 0 Å². The van der Waals surface area contributed by atoms with Crippen molar-refractivity contribution >= 4 is 35.1 Å². The van der Waals surface area contributed by atoms with Gasteiger partial charge in [-0.2, -0.15) is 0 Å². The molecule has 1 atom stereocenters. The fraction of sp³-hybridized carbons (Fsp3) is 0.263. The lowest BCUT2D eigenvalue weighted by Crippen LogP contribution is -2.42. The van der Waals surface area contributed by atoms with Crippen molar-refractivity contribution < 1.29 is 28.3 Å². The Morgan fingerprint density at radius 2 is 2.04 bits per heavy atom. The van der Waals surface area contributed by atoms with Crippen LogP contribution in [0.5, 0.6) is 0 Å². The number of furan rings is 1. The molecule has 1 aromatic carbocycles. The zero-order valence-electron chi connectivity index (χ0n) is 15.1. The summed E-state index contributed by atoms with van der Waals surface area (Å²) in [6.45, 7) is 0.826. The van der Waals surface area contributed by atoms with E-state index in [2.05, 4.69) is 10.6 Å². The average Bonchev–Trinajstić information content (AvgIpc) is 3.16. The van der Waals surface area contributed by atoms with Gasteiger partial charge < -0.3 is 24.7 Å². The molecule has 9 heteroatoms. The second kappa shape index (κ2) is 8.38. The molecule has 2 heterocycles. The molecule has 2 aromatic rings. The molecule has 3 rings (SSSR count). The number of rotatable bonds is 5. The quantitative estimate of drug-likeness (QED) is 0.750. The number of nitrogens with one attached hydrogen (secondary N) is 2. The maximum Gasteiger partial charge on any atom is 0.325 e. The van der Waals surface area contributed by atoms with Crippen LogP contribution in [-0.4, -0.2) is 42.9 Å². The molecule has 1 aliphatic heterocycles. The van der Waals surface area contributed by atoms with Crippen LogP contribution >= 0.6 is 0 Å². The smallest absolute Gasteiger partial charge is 0.325 e. The van der Waals surface area contributed by atoms with Crippen molar-refractivity contribution in [3.05, 3.63) is 48.4 Å². The third-order valence-electron chi connectivity index (χ3n) is 4.12. The molecule has 3 amide bonds. The van der Waals surface area contributed by atoms with Gasteiger partial charge in [0.25, 0.3) is 11.8 Å². The Kier molecular flexibility index (Phi) is 5.73. The van der Waals surface area contributed by atoms with Crippen molar-refractivity contribution in [3.8, 4) is 0 Å². The van der Waals surface area contributed by atoms with Crippen LogP contribution in [0.4, 0.5) is 11.4 Å². The molecule has 0 saturated heterocycles. The first-order valence-corrected chi connectivity index (χ1v) is 8.64. The minimum Gasteiger partial charge on any atom is -0.459 e. The topological polar surface area (TPSA) is 118 Å². The number of benzene rings is 1. The zero-order chi connectivity index (χ0) is 20.1. The average molecular weight is 385 g/mol. The number of carbonyl (C=O) groups is 4. The lowest BCUT2D eigenvalue weighted by atomic mass is 10.1. The Labute approximate surface area is 160 Å². The second-order valence-corrected chi connectivity index (χ2v) is 6.20. The van der Waals surface area contributed by atoms with Gasteiger partial charge in [-0.25, -0.2) is 0 Å². The van der Waals surface area contributed by atoms with Gasteiger partial charge in [0.1, 0.15) is 6.54 Å². The third-order valence-corrected chi connectivity index (χ3v) is 4.12. The second-order valence-electron chi connectivity index (χ2n) is 6.20. The van der Waals surface area contributed by atoms with Gasteiger partial charge in [0.2, 0.25) is 5.91 Å². The lowest BCUT2D eigenvalue weighted by Gasteiger charge is -2.27. The minimum absolute atomic E-state index is 0.0658. The Morgan fingerprint density at radius 1 is 1.25 bits per heavy atom. The summed E-state index contributed by atoms with van der Waals surface area (Å²) >= 11 is 0. The van der Waals surface area contributed by atoms with Gasteiger partial charge in [0.15, 0.2) is 12.4 Å². The molecule has 1 aliphatic rings. The molecule has 9 nitrogen and oxygen atoms in total. The van der Waals surface area contributed by atoms with Gasteiger partial charge in [-0.1, -0.05) is 12.1 Å². The van der Waals surface area contributed by atoms with Crippen molar-refractivity contribution in [2.75, 3.05) is 23.4 Å². The zero-order valence-corrected chi connectivity index (χ0v) is 15.1. The van der Waals surface area contributed by atoms with Crippen molar-refractivity contribution in [3.63, 3.8) is 0 Å². The van der Waals surface area contributed by atoms with Gasteiger partial charge >= 0.3 is 5.97 Å². The van der Waals surface area contributed by atoms with E-state index in [0.717, 1.165) is 0 Å². The summed E-state index contributed by atoms with van der Waals surface area (Å²) < 4.78 is 9.89. The number of carbonyl (C=O) groups excluding carboxylic acids is 4. The predicted octanol–water partition coefficient (Wildman–Crippen LogP) is 1.32. The summed E-state index contributed by atoms with van der Waals surface area (Å²) in [5.41, 5.74) is 1.05. The summed E-state index contributed by atoms with van der Waals surface area (Å²) in [6, 6.07) is 9.50. The fourth-order valence-corrected chi connectivity index (χ4v) is 2.88. The molecule has 0 unspecified atom stereocenters. The number of amides is 3. The van der Waals surface area contributed by atoms with Crippen LogP contribution in [0.3, 0.4) is 0 Å². The minimum atomic E-state index is -0.766. The standard InChI is InChI=1S/C19H19N3O6/c1-12-9-16(23)21-13-5-2-3-6-14(13)22(12)17(24)11-28-18(25)10-20-19(26)15-7-4-8-27-15/h2-8,12H,9-11H2,1H3,(H,20,26)(H,21,23)/t12-/m0/s1. The van der Waals surface area contributed by atoms with E-state index in [0.29, 0.717) is 11.4 Å². The van der Waals surface area contributed by atoms with E-state index in [1.165, 1.54) is 17.2 Å². The van der Waals surface area contributed by atoms with E-state index < -0.39 is 37.0 Å². The highest BCUT2D eigenvalue weighted by molar-refractivity contribution is 6.05. The van der Waals surface area contributed by atoms with Gasteiger partial charge in [0, 0.05) is 12.5 Å². The molecule has 146 valence electrons. The molecule has 2 N–H and O–H groups in total. The van der Waals surface area contributed by atoms with E-state index in [-0.39, 0.29) is 18.1 Å². The van der Waals surface area contributed by atoms with Crippen molar-refractivity contribution in [1.82, 2.24) is 5.32 Å². The van der Waals surface area contributed by atoms with Crippen molar-refractivity contribution in [2.45, 2.75) is 19.4 Å². The maximum atomic E-state index is 12.7. The number of anilines is 2. The van der Waals surface area contributed by atoms with Crippen LogP contribution in [0.2, 0.25) is 0 Å². The Bertz CT molecular complexity index is 893. The third kappa shape index (κ3) is 4.37. The maximum absolute atomic E-state index is 12.7. The summed E-state index contributed by atoms with van der Waals surface area (Å²) in [5, 5.41) is 5.09. The predicted molar refractivity (Wildman–Crippen MR) is 98.6 cm³/mol. The molecule has 0 spiro atoms. The van der Waals surface area contributed by atoms with Crippen LogP contribution < -0.4 is 15.5 Å². The van der Waals surface area contributed by atoms with E-state index in [4.69, 9.17) is 9.15 Å². The van der Waals surface area contributed by atoms with Crippen LogP contribution in [0.1, 0.15) is 23.9 Å². The fourth-order valence-electron chi connectivity index (χ4n) is 2.88. The highest BCUT2D eigenvalue weighted by atomic mass is 16.5. The number of fused-ring (bicyclic) bond motifs is 1. The number of esters is 1. The number of nitrogens with zero attached hydrogens (tertiary/aromatic N) is 1. The van der Waals surface area contributed by atoms with Crippen LogP contribution in [0, 0.1) is 0 Å². The molecule has 0 radical (unpaired) electrons. The molecular formula is C19H19N3O6. The van der Waals surface area contributed by atoms with Crippen LogP contribution in [-0.2, 0) is 19.1 Å². The molecule has 1 aromatic heterocycles. The SMILES string of the molecule is C[C@H]1CC(=O)Nc2ccccc2N1C(=O)COC(=O)CNC(=O)c1ccco1. The Balaban J connectivity index is 1.58. The van der Waals surface area contributed by atoms with Gasteiger partial charge in [-0.05, 0) is 31.2 Å². The van der Waals surface area contributed by atoms with E-state index in [9.17, 15) is 19.2 Å². The van der Waals surface area contributed by atoms with Crippen LogP contribution in [0.25, 0.3) is 0 Å². The molecule has 0 fully saturated rings. The van der Waals surface area contributed by atoms with Gasteiger partial charge in [0.05, 0.1) is 17.6 Å². The largest absolute Gasteiger partial charge is 0.459 e. The van der Waals surface area contributed by atoms with E-state index in [1.54, 1.807) is 37.3 Å². The summed E-state index contributed by atoms with van der Waals surface area (Å²) in [5.74, 6) is -1.93. The molecule has 0 saturated carbocycles. The summed E-state index contributed by atoms with van der Waals surface area (Å²) in [6.07, 6.45) is 1.46.